The summed E-state index contributed by atoms with van der Waals surface area (Å²) in [6, 6.07) is 11.4. The second-order valence-corrected chi connectivity index (χ2v) is 10.3. The van der Waals surface area contributed by atoms with Crippen molar-refractivity contribution in [3.63, 3.8) is 0 Å². The first-order valence-corrected chi connectivity index (χ1v) is 14.1. The van der Waals surface area contributed by atoms with Crippen molar-refractivity contribution in [3.8, 4) is 0 Å². The number of hydrogen-bond donors (Lipinski definition) is 8. The molecule has 4 atom stereocenters. The number of carboxylic acid groups (broad SMARTS) is 1. The number of nitrogens with two attached hydrogens (primary N) is 3. The number of nitrogens with one attached hydrogen (secondary N) is 4. The smallest absolute Gasteiger partial charge is 0.326 e. The van der Waals surface area contributed by atoms with Gasteiger partial charge in [0, 0.05) is 29.9 Å². The van der Waals surface area contributed by atoms with Crippen molar-refractivity contribution >= 4 is 40.5 Å². The second-order valence-electron chi connectivity index (χ2n) is 10.3. The Hall–Kier alpha value is -4.75. The molecule has 0 spiro atoms. The van der Waals surface area contributed by atoms with Gasteiger partial charge in [0.2, 0.25) is 23.6 Å². The predicted molar refractivity (Wildman–Crippen MR) is 160 cm³/mol. The molecule has 13 nitrogen and oxygen atoms in total. The number of aliphatic carboxylic acids is 1. The first kappa shape index (κ1) is 32.8. The molecule has 0 saturated heterocycles. The summed E-state index contributed by atoms with van der Waals surface area (Å²) in [6.07, 6.45) is 2.61. The van der Waals surface area contributed by atoms with Gasteiger partial charge in [0.05, 0.1) is 12.5 Å². The minimum atomic E-state index is -1.28. The van der Waals surface area contributed by atoms with Crippen LogP contribution in [-0.4, -0.2) is 70.4 Å². The molecule has 0 radical (unpaired) electrons. The van der Waals surface area contributed by atoms with Gasteiger partial charge >= 0.3 is 5.97 Å². The predicted octanol–water partition coefficient (Wildman–Crippen LogP) is -0.176. The van der Waals surface area contributed by atoms with E-state index in [1.54, 1.807) is 36.5 Å². The molecule has 0 aliphatic carbocycles. The number of H-pyrrole nitrogens is 1. The number of para-hydroxylation sites is 1. The van der Waals surface area contributed by atoms with E-state index < -0.39 is 60.2 Å². The van der Waals surface area contributed by atoms with Gasteiger partial charge in [-0.25, -0.2) is 4.79 Å². The van der Waals surface area contributed by atoms with Gasteiger partial charge in [-0.2, -0.15) is 0 Å². The van der Waals surface area contributed by atoms with E-state index in [1.165, 1.54) is 0 Å². The molecular weight excluding hydrogens is 554 g/mol. The molecule has 1 heterocycles. The van der Waals surface area contributed by atoms with Crippen LogP contribution < -0.4 is 33.2 Å². The molecule has 1 aromatic heterocycles. The number of unbranched alkanes of at least 4 members (excludes halogenated alkanes) is 1. The zero-order valence-corrected chi connectivity index (χ0v) is 23.8. The van der Waals surface area contributed by atoms with Crippen LogP contribution in [0, 0.1) is 0 Å². The fourth-order valence-electron chi connectivity index (χ4n) is 4.67. The molecule has 0 aliphatic rings. The van der Waals surface area contributed by atoms with Crippen LogP contribution in [0.15, 0.2) is 60.8 Å². The van der Waals surface area contributed by atoms with E-state index in [0.717, 1.165) is 16.5 Å². The number of rotatable bonds is 17. The average molecular weight is 594 g/mol. The van der Waals surface area contributed by atoms with Crippen LogP contribution in [0.2, 0.25) is 0 Å². The molecule has 0 bridgehead atoms. The average Bonchev–Trinajstić information content (AvgIpc) is 3.38. The van der Waals surface area contributed by atoms with E-state index in [9.17, 15) is 29.1 Å². The Bertz CT molecular complexity index is 1410. The van der Waals surface area contributed by atoms with Crippen LogP contribution in [0.4, 0.5) is 0 Å². The number of aromatic nitrogens is 1. The first-order valence-electron chi connectivity index (χ1n) is 14.1. The number of primary amides is 1. The SMILES string of the molecule is NCCCCC(NC(=O)C(Cc1c[nH]c2ccccc12)NC(=O)C(N)CC(N)=O)C(=O)NC(Cc1ccccc1)C(=O)O. The van der Waals surface area contributed by atoms with E-state index in [-0.39, 0.29) is 19.3 Å². The number of fused-ring (bicyclic) bond motifs is 1. The molecular formula is C30H39N7O6. The summed E-state index contributed by atoms with van der Waals surface area (Å²) in [6.45, 7) is 0.366. The molecule has 2 aromatic carbocycles. The largest absolute Gasteiger partial charge is 0.480 e. The van der Waals surface area contributed by atoms with Crippen LogP contribution in [0.25, 0.3) is 10.9 Å². The minimum absolute atomic E-state index is 0.0355. The third-order valence-corrected chi connectivity index (χ3v) is 6.97. The first-order chi connectivity index (χ1) is 20.6. The minimum Gasteiger partial charge on any atom is -0.480 e. The quantitative estimate of drug-likeness (QED) is 0.0975. The zero-order valence-electron chi connectivity index (χ0n) is 23.8. The van der Waals surface area contributed by atoms with E-state index in [4.69, 9.17) is 17.2 Å². The van der Waals surface area contributed by atoms with Gasteiger partial charge in [-0.05, 0) is 43.0 Å². The van der Waals surface area contributed by atoms with Crippen LogP contribution in [-0.2, 0) is 36.8 Å². The Balaban J connectivity index is 1.82. The van der Waals surface area contributed by atoms with Crippen molar-refractivity contribution < 1.29 is 29.1 Å². The maximum absolute atomic E-state index is 13.7. The lowest BCUT2D eigenvalue weighted by atomic mass is 10.0. The molecule has 13 heteroatoms. The van der Waals surface area contributed by atoms with Crippen molar-refractivity contribution in [3.05, 3.63) is 71.9 Å². The highest BCUT2D eigenvalue weighted by Gasteiger charge is 2.31. The molecule has 4 amide bonds. The molecule has 0 aliphatic heterocycles. The van der Waals surface area contributed by atoms with Gasteiger partial charge in [-0.1, -0.05) is 48.5 Å². The molecule has 43 heavy (non-hydrogen) atoms. The van der Waals surface area contributed by atoms with Gasteiger partial charge in [0.25, 0.3) is 0 Å². The monoisotopic (exact) mass is 593 g/mol. The Kier molecular flexibility index (Phi) is 12.2. The summed E-state index contributed by atoms with van der Waals surface area (Å²) in [5.74, 6) is -4.14. The number of amides is 4. The molecule has 230 valence electrons. The van der Waals surface area contributed by atoms with Crippen molar-refractivity contribution in [1.29, 1.82) is 0 Å². The highest BCUT2D eigenvalue weighted by molar-refractivity contribution is 5.95. The summed E-state index contributed by atoms with van der Waals surface area (Å²) in [7, 11) is 0. The normalized spacial score (nSPS) is 13.8. The maximum Gasteiger partial charge on any atom is 0.326 e. The van der Waals surface area contributed by atoms with Crippen LogP contribution in [0.1, 0.15) is 36.8 Å². The number of hydrogen-bond acceptors (Lipinski definition) is 7. The summed E-state index contributed by atoms with van der Waals surface area (Å²) in [5.41, 5.74) is 18.9. The van der Waals surface area contributed by atoms with E-state index in [1.807, 2.05) is 24.3 Å². The van der Waals surface area contributed by atoms with Crippen LogP contribution in [0.3, 0.4) is 0 Å². The van der Waals surface area contributed by atoms with Gasteiger partial charge in [-0.3, -0.25) is 19.2 Å². The maximum atomic E-state index is 13.7. The standard InChI is InChI=1S/C30H39N7O6/c31-13-7-6-12-23(28(40)37-25(30(42)43)14-18-8-2-1-3-9-18)35-29(41)24(36-27(39)21(32)16-26(33)38)15-19-17-34-22-11-5-4-10-20(19)22/h1-5,8-11,17,21,23-25,34H,6-7,12-16,31-32H2,(H2,33,38)(H,35,41)(H,36,39)(H,37,40)(H,42,43). The molecule has 4 unspecified atom stereocenters. The van der Waals surface area contributed by atoms with Gasteiger partial charge < -0.3 is 43.2 Å². The summed E-state index contributed by atoms with van der Waals surface area (Å²) < 4.78 is 0. The topological polar surface area (TPSA) is 236 Å². The highest BCUT2D eigenvalue weighted by Crippen LogP contribution is 2.19. The van der Waals surface area contributed by atoms with Crippen molar-refractivity contribution in [2.75, 3.05) is 6.54 Å². The lowest BCUT2D eigenvalue weighted by Gasteiger charge is -2.25. The number of benzene rings is 2. The lowest BCUT2D eigenvalue weighted by molar-refractivity contribution is -0.142. The number of carbonyl (C=O) groups excluding carboxylic acids is 4. The summed E-state index contributed by atoms with van der Waals surface area (Å²) >= 11 is 0. The van der Waals surface area contributed by atoms with Gasteiger partial charge in [0.15, 0.2) is 0 Å². The number of carbonyl (C=O) groups is 5. The molecule has 3 aromatic rings. The molecule has 3 rings (SSSR count). The lowest BCUT2D eigenvalue weighted by Crippen LogP contribution is -2.58. The van der Waals surface area contributed by atoms with E-state index >= 15 is 0 Å². The zero-order chi connectivity index (χ0) is 31.4. The van der Waals surface area contributed by atoms with Gasteiger partial charge in [-0.15, -0.1) is 0 Å². The Morgan fingerprint density at radius 2 is 1.42 bits per heavy atom. The van der Waals surface area contributed by atoms with E-state index in [0.29, 0.717) is 24.9 Å². The second kappa shape index (κ2) is 16.0. The van der Waals surface area contributed by atoms with Gasteiger partial charge in [0.1, 0.15) is 18.1 Å². The molecule has 11 N–H and O–H groups in total. The summed E-state index contributed by atoms with van der Waals surface area (Å²) in [5, 5.41) is 18.4. The summed E-state index contributed by atoms with van der Waals surface area (Å²) in [4.78, 5) is 66.3. The Morgan fingerprint density at radius 3 is 2.09 bits per heavy atom. The highest BCUT2D eigenvalue weighted by atomic mass is 16.4. The molecule has 0 fully saturated rings. The van der Waals surface area contributed by atoms with E-state index in [2.05, 4.69) is 20.9 Å². The van der Waals surface area contributed by atoms with Crippen LogP contribution in [0.5, 0.6) is 0 Å². The van der Waals surface area contributed by atoms with Crippen LogP contribution >= 0.6 is 0 Å². The van der Waals surface area contributed by atoms with Crippen molar-refractivity contribution in [2.45, 2.75) is 62.7 Å². The van der Waals surface area contributed by atoms with Crippen molar-refractivity contribution in [2.24, 2.45) is 17.2 Å². The fraction of sp³-hybridized carbons (Fsp3) is 0.367. The van der Waals surface area contributed by atoms with Crippen molar-refractivity contribution in [1.82, 2.24) is 20.9 Å². The Morgan fingerprint density at radius 1 is 0.791 bits per heavy atom. The third-order valence-electron chi connectivity index (χ3n) is 6.97. The fourth-order valence-corrected chi connectivity index (χ4v) is 4.67. The number of carboxylic acids is 1. The Labute approximate surface area is 248 Å². The third kappa shape index (κ3) is 9.94. The molecule has 0 saturated carbocycles. The number of aromatic amines is 1.